The predicted octanol–water partition coefficient (Wildman–Crippen LogP) is 1.44. The second-order valence-corrected chi connectivity index (χ2v) is 6.33. The third-order valence-electron chi connectivity index (χ3n) is 2.80. The summed E-state index contributed by atoms with van der Waals surface area (Å²) in [5.41, 5.74) is 0.471. The Labute approximate surface area is 123 Å². The molecule has 116 valence electrons. The minimum absolute atomic E-state index is 0.208. The predicted molar refractivity (Wildman–Crippen MR) is 76.2 cm³/mol. The number of benzene rings is 1. The number of ketones is 1. The van der Waals surface area contributed by atoms with E-state index in [4.69, 9.17) is 9.05 Å². The number of methoxy groups -OCH3 is 1. The molecule has 0 saturated carbocycles. The summed E-state index contributed by atoms with van der Waals surface area (Å²) in [6.07, 6.45) is 0. The van der Waals surface area contributed by atoms with Crippen molar-refractivity contribution in [2.45, 2.75) is 5.78 Å². The number of esters is 1. The summed E-state index contributed by atoms with van der Waals surface area (Å²) in [6.45, 7) is -0.208. The highest BCUT2D eigenvalue weighted by molar-refractivity contribution is 7.55. The molecule has 1 atom stereocenters. The lowest BCUT2D eigenvalue weighted by atomic mass is 10.1. The van der Waals surface area contributed by atoms with E-state index >= 15 is 0 Å². The molecule has 0 radical (unpaired) electrons. The van der Waals surface area contributed by atoms with Crippen LogP contribution in [0.15, 0.2) is 30.3 Å². The maximum atomic E-state index is 12.3. The smallest absolute Gasteiger partial charge is 0.358 e. The highest BCUT2D eigenvalue weighted by Crippen LogP contribution is 2.50. The number of carbonyl (C=O) groups is 2. The molecular formula is C13H18NO6P. The van der Waals surface area contributed by atoms with Crippen LogP contribution >= 0.6 is 7.60 Å². The van der Waals surface area contributed by atoms with Gasteiger partial charge < -0.3 is 13.8 Å². The fourth-order valence-corrected chi connectivity index (χ4v) is 2.89. The lowest BCUT2D eigenvalue weighted by Crippen LogP contribution is -2.41. The average molecular weight is 315 g/mol. The van der Waals surface area contributed by atoms with Crippen LogP contribution in [0.4, 0.5) is 0 Å². The highest BCUT2D eigenvalue weighted by atomic mass is 31.2. The topological polar surface area (TPSA) is 90.9 Å². The van der Waals surface area contributed by atoms with Crippen molar-refractivity contribution in [3.63, 3.8) is 0 Å². The Morgan fingerprint density at radius 2 is 1.71 bits per heavy atom. The molecule has 1 N–H and O–H groups in total. The minimum Gasteiger partial charge on any atom is -0.467 e. The normalized spacial score (nSPS) is 12.7. The summed E-state index contributed by atoms with van der Waals surface area (Å²) < 4.78 is 26.4. The first kappa shape index (κ1) is 17.5. The van der Waals surface area contributed by atoms with E-state index in [1.165, 1.54) is 0 Å². The van der Waals surface area contributed by atoms with Crippen molar-refractivity contribution in [3.8, 4) is 0 Å². The number of ether oxygens (including phenoxy) is 1. The Kier molecular flexibility index (Phi) is 6.71. The molecule has 21 heavy (non-hydrogen) atoms. The van der Waals surface area contributed by atoms with Crippen molar-refractivity contribution in [1.29, 1.82) is 0 Å². The number of rotatable bonds is 8. The number of carbonyl (C=O) groups excluding carboxylic acids is 2. The van der Waals surface area contributed by atoms with Gasteiger partial charge in [-0.15, -0.1) is 0 Å². The van der Waals surface area contributed by atoms with E-state index in [9.17, 15) is 14.2 Å². The monoisotopic (exact) mass is 315 g/mol. The van der Waals surface area contributed by atoms with Gasteiger partial charge in [0.2, 0.25) is 5.78 Å². The molecule has 0 fully saturated rings. The zero-order valence-corrected chi connectivity index (χ0v) is 13.0. The molecular weight excluding hydrogens is 297 g/mol. The Morgan fingerprint density at radius 3 is 2.19 bits per heavy atom. The Balaban J connectivity index is 2.82. The molecule has 0 aliphatic carbocycles. The second kappa shape index (κ2) is 8.05. The molecule has 8 heteroatoms. The third kappa shape index (κ3) is 4.47. The molecule has 1 unspecified atom stereocenters. The zero-order chi connectivity index (χ0) is 15.9. The molecule has 0 aliphatic heterocycles. The van der Waals surface area contributed by atoms with Crippen molar-refractivity contribution in [2.75, 3.05) is 27.9 Å². The Morgan fingerprint density at radius 1 is 1.14 bits per heavy atom. The summed E-state index contributed by atoms with van der Waals surface area (Å²) >= 11 is 0. The van der Waals surface area contributed by atoms with Gasteiger partial charge in [-0.3, -0.25) is 14.7 Å². The summed E-state index contributed by atoms with van der Waals surface area (Å²) in [4.78, 5) is 23.7. The average Bonchev–Trinajstić information content (AvgIpc) is 2.54. The van der Waals surface area contributed by atoms with E-state index in [1.807, 2.05) is 0 Å². The second-order valence-electron chi connectivity index (χ2n) is 4.00. The molecule has 0 heterocycles. The highest BCUT2D eigenvalue weighted by Gasteiger charge is 2.41. The molecule has 0 aromatic heterocycles. The largest absolute Gasteiger partial charge is 0.467 e. The van der Waals surface area contributed by atoms with Gasteiger partial charge in [-0.2, -0.15) is 0 Å². The van der Waals surface area contributed by atoms with Gasteiger partial charge in [0.1, 0.15) is 0 Å². The maximum absolute atomic E-state index is 12.3. The van der Waals surface area contributed by atoms with E-state index in [2.05, 4.69) is 10.1 Å². The third-order valence-corrected chi connectivity index (χ3v) is 4.85. The van der Waals surface area contributed by atoms with Gasteiger partial charge in [0, 0.05) is 19.8 Å². The number of Topliss-reactive ketones (excluding diaryl/α,β-unsaturated/α-hetero) is 1. The SMILES string of the molecule is COC(=O)C(NCC(=O)c1ccccc1)P(=O)(OC)OC. The van der Waals surface area contributed by atoms with Gasteiger partial charge >= 0.3 is 13.6 Å². The van der Waals surface area contributed by atoms with Crippen LogP contribution in [-0.4, -0.2) is 45.4 Å². The first-order valence-electron chi connectivity index (χ1n) is 6.09. The van der Waals surface area contributed by atoms with E-state index in [0.29, 0.717) is 5.56 Å². The minimum atomic E-state index is -3.75. The summed E-state index contributed by atoms with van der Waals surface area (Å²) in [7, 11) is -0.298. The fourth-order valence-electron chi connectivity index (χ4n) is 1.64. The van der Waals surface area contributed by atoms with Crippen molar-refractivity contribution in [1.82, 2.24) is 5.32 Å². The number of nitrogens with one attached hydrogen (secondary N) is 1. The van der Waals surface area contributed by atoms with Crippen LogP contribution in [0.5, 0.6) is 0 Å². The van der Waals surface area contributed by atoms with Gasteiger partial charge in [-0.05, 0) is 0 Å². The van der Waals surface area contributed by atoms with Crippen molar-refractivity contribution in [3.05, 3.63) is 35.9 Å². The summed E-state index contributed by atoms with van der Waals surface area (Å²) in [6, 6.07) is 8.51. The van der Waals surface area contributed by atoms with Gasteiger partial charge in [0.25, 0.3) is 0 Å². The first-order valence-corrected chi connectivity index (χ1v) is 7.70. The summed E-state index contributed by atoms with van der Waals surface area (Å²) in [5, 5.41) is 2.57. The van der Waals surface area contributed by atoms with Crippen LogP contribution in [-0.2, 0) is 23.1 Å². The van der Waals surface area contributed by atoms with Crippen LogP contribution < -0.4 is 5.32 Å². The lowest BCUT2D eigenvalue weighted by Gasteiger charge is -2.22. The molecule has 1 aromatic carbocycles. The maximum Gasteiger partial charge on any atom is 0.358 e. The van der Waals surface area contributed by atoms with Gasteiger partial charge in [0.15, 0.2) is 5.78 Å². The summed E-state index contributed by atoms with van der Waals surface area (Å²) in [5.74, 6) is -2.46. The molecule has 0 amide bonds. The molecule has 0 spiro atoms. The lowest BCUT2D eigenvalue weighted by molar-refractivity contribution is -0.141. The Hall–Kier alpha value is -1.53. The van der Waals surface area contributed by atoms with Crippen LogP contribution in [0.2, 0.25) is 0 Å². The molecule has 7 nitrogen and oxygen atoms in total. The fraction of sp³-hybridized carbons (Fsp3) is 0.385. The van der Waals surface area contributed by atoms with E-state index < -0.39 is 19.3 Å². The number of hydrogen-bond donors (Lipinski definition) is 1. The van der Waals surface area contributed by atoms with Gasteiger partial charge in [-0.1, -0.05) is 30.3 Å². The molecule has 0 aliphatic rings. The van der Waals surface area contributed by atoms with E-state index in [1.54, 1.807) is 30.3 Å². The van der Waals surface area contributed by atoms with Crippen LogP contribution in [0.25, 0.3) is 0 Å². The van der Waals surface area contributed by atoms with Crippen LogP contribution in [0, 0.1) is 0 Å². The molecule has 0 saturated heterocycles. The van der Waals surface area contributed by atoms with E-state index in [0.717, 1.165) is 21.3 Å². The Bertz CT molecular complexity index is 525. The quantitative estimate of drug-likeness (QED) is 0.441. The van der Waals surface area contributed by atoms with Crippen LogP contribution in [0.3, 0.4) is 0 Å². The van der Waals surface area contributed by atoms with Crippen molar-refractivity contribution >= 4 is 19.3 Å². The van der Waals surface area contributed by atoms with Gasteiger partial charge in [-0.25, -0.2) is 4.79 Å². The molecule has 1 aromatic rings. The molecule has 0 bridgehead atoms. The van der Waals surface area contributed by atoms with Crippen molar-refractivity contribution in [2.24, 2.45) is 0 Å². The zero-order valence-electron chi connectivity index (χ0n) is 12.1. The molecule has 1 rings (SSSR count). The van der Waals surface area contributed by atoms with E-state index in [-0.39, 0.29) is 12.3 Å². The standard InChI is InChI=1S/C13H18NO6P/c1-18-13(16)12(21(17,19-2)20-3)14-9-11(15)10-7-5-4-6-8-10/h4-8,12,14H,9H2,1-3H3. The van der Waals surface area contributed by atoms with Gasteiger partial charge in [0.05, 0.1) is 13.7 Å². The van der Waals surface area contributed by atoms with Crippen LogP contribution in [0.1, 0.15) is 10.4 Å². The first-order chi connectivity index (χ1) is 9.98. The van der Waals surface area contributed by atoms with Crippen molar-refractivity contribution < 1.29 is 27.9 Å². The number of hydrogen-bond acceptors (Lipinski definition) is 7.